The lowest BCUT2D eigenvalue weighted by molar-refractivity contribution is -0.692. The van der Waals surface area contributed by atoms with Gasteiger partial charge in [-0.3, -0.25) is 0 Å². The summed E-state index contributed by atoms with van der Waals surface area (Å²) in [5, 5.41) is 5.55. The molecule has 0 aliphatic heterocycles. The Labute approximate surface area is 426 Å². The molecule has 0 fully saturated rings. The van der Waals surface area contributed by atoms with Crippen molar-refractivity contribution in [3.63, 3.8) is 0 Å². The van der Waals surface area contributed by atoms with Crippen LogP contribution in [0.5, 0.6) is 5.88 Å². The largest absolute Gasteiger partial charge is 0.438 e. The molecule has 0 unspecified atom stereocenters. The molecule has 0 aliphatic rings. The van der Waals surface area contributed by atoms with Crippen LogP contribution in [0.2, 0.25) is 0 Å². The van der Waals surface area contributed by atoms with Crippen LogP contribution >= 0.6 is 0 Å². The van der Waals surface area contributed by atoms with Crippen molar-refractivity contribution in [1.82, 2.24) is 0 Å². The highest BCUT2D eigenvalue weighted by Crippen LogP contribution is 2.41. The van der Waals surface area contributed by atoms with E-state index in [-0.39, 0.29) is 6.73 Å². The van der Waals surface area contributed by atoms with Gasteiger partial charge in [-0.05, 0) is 41.2 Å². The summed E-state index contributed by atoms with van der Waals surface area (Å²) in [5.41, 5.74) is -20.6. The van der Waals surface area contributed by atoms with E-state index in [0.29, 0.717) is 12.4 Å². The smallest absolute Gasteiger partial charge is 0.416 e. The van der Waals surface area contributed by atoms with Crippen molar-refractivity contribution in [3.05, 3.63) is 200 Å². The van der Waals surface area contributed by atoms with Crippen molar-refractivity contribution in [3.8, 4) is 5.88 Å². The van der Waals surface area contributed by atoms with Gasteiger partial charge >= 0.3 is 55.3 Å². The Morgan fingerprint density at radius 3 is 0.975 bits per heavy atom. The van der Waals surface area contributed by atoms with Gasteiger partial charge in [-0.15, -0.1) is 0 Å². The van der Waals surface area contributed by atoms with E-state index < -0.39 is 195 Å². The zero-order valence-corrected chi connectivity index (χ0v) is 38.5. The number of pyridine rings is 1. The van der Waals surface area contributed by atoms with E-state index in [1.54, 1.807) is 0 Å². The molecule has 0 atom stereocenters. The van der Waals surface area contributed by atoms with Crippen LogP contribution in [0.15, 0.2) is 145 Å². The van der Waals surface area contributed by atoms with Crippen molar-refractivity contribution >= 4 is 38.8 Å². The topological polar surface area (TPSA) is 61.9 Å². The summed E-state index contributed by atoms with van der Waals surface area (Å²) < 4.78 is 349. The average molecular weight is 1150 g/mol. The second-order valence-corrected chi connectivity index (χ2v) is 17.0. The van der Waals surface area contributed by atoms with Gasteiger partial charge in [-0.1, -0.05) is 102 Å². The van der Waals surface area contributed by atoms with Gasteiger partial charge in [0.25, 0.3) is 0 Å². The first-order valence-corrected chi connectivity index (χ1v) is 21.6. The monoisotopic (exact) mass is 1150 g/mol. The molecule has 0 saturated heterocycles. The van der Waals surface area contributed by atoms with E-state index in [2.05, 4.69) is 28.2 Å². The summed E-state index contributed by atoms with van der Waals surface area (Å²) >= 11 is 0. The predicted molar refractivity (Wildman–Crippen MR) is 234 cm³/mol. The van der Waals surface area contributed by atoms with Crippen LogP contribution in [0.4, 0.5) is 105 Å². The minimum absolute atomic E-state index is 0.0285. The quantitative estimate of drug-likeness (QED) is 0.0355. The fraction of sp³-hybridized carbons (Fsp3) is 0.204. The zero-order valence-electron chi connectivity index (χ0n) is 38.5. The van der Waals surface area contributed by atoms with Crippen molar-refractivity contribution in [1.29, 1.82) is 0 Å². The number of alkyl halides is 24. The molecule has 0 spiro atoms. The number of hydrogen-bond donors (Lipinski definition) is 0. The van der Waals surface area contributed by atoms with Crippen molar-refractivity contribution in [2.75, 3.05) is 6.73 Å². The van der Waals surface area contributed by atoms with Crippen LogP contribution in [-0.2, 0) is 56.0 Å². The molecule has 5 nitrogen and oxygen atoms in total. The van der Waals surface area contributed by atoms with Crippen LogP contribution in [0, 0.1) is 0 Å². The summed E-state index contributed by atoms with van der Waals surface area (Å²) in [6.07, 6.45) is -52.8. The highest BCUT2D eigenvalue weighted by molar-refractivity contribution is 7.20. The van der Waals surface area contributed by atoms with E-state index in [1.807, 2.05) is 53.2 Å². The number of benzene rings is 6. The molecule has 7 aromatic rings. The van der Waals surface area contributed by atoms with E-state index in [4.69, 9.17) is 10.3 Å². The number of nitrogens with zero attached hydrogens (tertiary/aromatic N) is 4. The van der Waals surface area contributed by atoms with Crippen LogP contribution in [0.3, 0.4) is 0 Å². The molecule has 30 heteroatoms. The van der Waals surface area contributed by atoms with Crippen LogP contribution in [-0.4, -0.2) is 12.9 Å². The van der Waals surface area contributed by atoms with Crippen molar-refractivity contribution in [2.45, 2.75) is 56.0 Å². The Kier molecular flexibility index (Phi) is 16.4. The van der Waals surface area contributed by atoms with E-state index >= 15 is 0 Å². The summed E-state index contributed by atoms with van der Waals surface area (Å²) in [6, 6.07) is 11.4. The maximum Gasteiger partial charge on any atom is 0.416 e. The number of ether oxygens (including phenoxy) is 1. The fourth-order valence-corrected chi connectivity index (χ4v) is 8.48. The second kappa shape index (κ2) is 21.5. The van der Waals surface area contributed by atoms with Gasteiger partial charge in [-0.25, -0.2) is 0 Å². The Balaban J connectivity index is 0.000000378. The first kappa shape index (κ1) is 60.5. The third-order valence-electron chi connectivity index (χ3n) is 11.8. The molecule has 79 heavy (non-hydrogen) atoms. The molecule has 1 aromatic heterocycles. The van der Waals surface area contributed by atoms with Crippen LogP contribution < -0.4 is 31.2 Å². The molecular weight excluding hydrogens is 1130 g/mol. The number of rotatable bonds is 9. The first-order chi connectivity index (χ1) is 36.1. The Bertz CT molecular complexity index is 2950. The minimum atomic E-state index is -6.13. The molecule has 0 bridgehead atoms. The summed E-state index contributed by atoms with van der Waals surface area (Å²) in [6.45, 7) is 0.663. The number of fused-ring (bicyclic) bond motifs is 1. The fourth-order valence-electron chi connectivity index (χ4n) is 8.48. The molecule has 0 saturated carbocycles. The highest BCUT2D eigenvalue weighted by atomic mass is 19.4. The Morgan fingerprint density at radius 1 is 0.392 bits per heavy atom. The molecule has 0 radical (unpaired) electrons. The number of azide groups is 1. The lowest BCUT2D eigenvalue weighted by Crippen LogP contribution is -2.75. The van der Waals surface area contributed by atoms with Gasteiger partial charge in [0.05, 0.1) is 49.9 Å². The minimum Gasteiger partial charge on any atom is -0.438 e. The third kappa shape index (κ3) is 13.9. The summed E-state index contributed by atoms with van der Waals surface area (Å²) in [5.74, 6) is 0.703. The number of aromatic nitrogens is 1. The normalized spacial score (nSPS) is 13.2. The molecular formula is C49H27BF24N4O. The van der Waals surface area contributed by atoms with Gasteiger partial charge in [0.1, 0.15) is 6.15 Å². The summed E-state index contributed by atoms with van der Waals surface area (Å²) in [4.78, 5) is 2.74. The van der Waals surface area contributed by atoms with Gasteiger partial charge in [0, 0.05) is 16.5 Å². The van der Waals surface area contributed by atoms with Crippen molar-refractivity contribution < 1.29 is 115 Å². The molecule has 1 heterocycles. The van der Waals surface area contributed by atoms with Crippen LogP contribution in [0.25, 0.3) is 21.2 Å². The molecule has 6 aromatic carbocycles. The van der Waals surface area contributed by atoms with Gasteiger partial charge in [-0.2, -0.15) is 132 Å². The average Bonchev–Trinajstić information content (AvgIpc) is 3.37. The van der Waals surface area contributed by atoms with Crippen molar-refractivity contribution in [2.24, 2.45) is 5.11 Å². The SMILES string of the molecule is FC(F)(F)c1cc([B-](c2cc(C(F)(F)F)cc(C(F)(F)F)c2)(c2cc(C(F)(F)F)cc(C(F)(F)F)c2)c2cc(C(F)(F)F)cc(C(F)(F)F)c2)cc(C(F)(F)F)c1.[N-]=[N+]=NCOc1c2ccccc2cc[n+]1Cc1ccccc1. The molecule has 0 aliphatic carbocycles. The maximum atomic E-state index is 14.2. The van der Waals surface area contributed by atoms with E-state index in [9.17, 15) is 105 Å². The first-order valence-electron chi connectivity index (χ1n) is 21.6. The zero-order chi connectivity index (χ0) is 59.1. The lowest BCUT2D eigenvalue weighted by atomic mass is 9.12. The molecule has 420 valence electrons. The standard InChI is InChI=1S/C32H12BF24.C17H15N4O/c34-25(35,36)13-1-14(26(37,38)39)6-21(5-13)33(22-7-15(27(40,41)42)2-16(8-22)28(43,44)45,23-9-17(29(46,47)48)3-18(10-23)30(49,50)51)24-11-19(31(52,53)54)4-20(12-24)32(55,56)57;18-20-19-13-22-17-16-9-5-4-8-15(16)10-11-21(17)12-14-6-2-1-3-7-14/h1-12H;1-11H,12-13H2/q-1;+1. The van der Waals surface area contributed by atoms with Crippen LogP contribution in [0.1, 0.15) is 50.1 Å². The Morgan fingerprint density at radius 2 is 0.684 bits per heavy atom. The number of halogens is 24. The third-order valence-corrected chi connectivity index (χ3v) is 11.8. The Hall–Kier alpha value is -7.78. The van der Waals surface area contributed by atoms with Gasteiger partial charge in [0.2, 0.25) is 0 Å². The van der Waals surface area contributed by atoms with Gasteiger partial charge in [0.15, 0.2) is 19.5 Å². The highest BCUT2D eigenvalue weighted by Gasteiger charge is 2.47. The van der Waals surface area contributed by atoms with E-state index in [1.165, 1.54) is 5.56 Å². The van der Waals surface area contributed by atoms with Gasteiger partial charge < -0.3 is 4.74 Å². The summed E-state index contributed by atoms with van der Waals surface area (Å²) in [7, 11) is 0. The predicted octanol–water partition coefficient (Wildman–Crippen LogP) is 15.0. The maximum absolute atomic E-state index is 14.2. The lowest BCUT2D eigenvalue weighted by Gasteiger charge is -2.46. The molecule has 0 N–H and O–H groups in total. The second-order valence-electron chi connectivity index (χ2n) is 17.0. The number of hydrogen-bond acceptors (Lipinski definition) is 2. The molecule has 7 rings (SSSR count). The van der Waals surface area contributed by atoms with E-state index in [0.717, 1.165) is 10.8 Å². The molecule has 0 amide bonds.